The van der Waals surface area contributed by atoms with E-state index in [4.69, 9.17) is 0 Å². The van der Waals surface area contributed by atoms with E-state index < -0.39 is 15.9 Å². The number of nitrogens with one attached hydrogen (secondary N) is 2. The lowest BCUT2D eigenvalue weighted by molar-refractivity contribution is 0.0762. The maximum absolute atomic E-state index is 13.2. The molecule has 0 bridgehead atoms. The van der Waals surface area contributed by atoms with Gasteiger partial charge < -0.3 is 10.2 Å². The van der Waals surface area contributed by atoms with Crippen LogP contribution in [-0.2, 0) is 10.0 Å². The van der Waals surface area contributed by atoms with Crippen LogP contribution in [0.5, 0.6) is 0 Å². The normalized spacial score (nSPS) is 14.1. The number of nitrogens with zero attached hydrogens (tertiary/aromatic N) is 1. The van der Waals surface area contributed by atoms with Gasteiger partial charge in [0.25, 0.3) is 21.8 Å². The molecule has 1 fully saturated rings. The molecule has 0 radical (unpaired) electrons. The molecule has 35 heavy (non-hydrogen) atoms. The summed E-state index contributed by atoms with van der Waals surface area (Å²) in [5.74, 6) is -0.524. The third kappa shape index (κ3) is 5.89. The molecule has 1 aliphatic rings. The first-order valence-electron chi connectivity index (χ1n) is 11.7. The number of carbonyl (C=O) groups is 2. The second-order valence-electron chi connectivity index (χ2n) is 8.65. The molecule has 1 aliphatic heterocycles. The van der Waals surface area contributed by atoms with E-state index in [-0.39, 0.29) is 16.4 Å². The van der Waals surface area contributed by atoms with Crippen molar-refractivity contribution < 1.29 is 18.0 Å². The first kappa shape index (κ1) is 24.5. The van der Waals surface area contributed by atoms with Gasteiger partial charge in [0.2, 0.25) is 0 Å². The van der Waals surface area contributed by atoms with Crippen LogP contribution in [-0.4, -0.2) is 38.2 Å². The van der Waals surface area contributed by atoms with E-state index in [2.05, 4.69) is 10.0 Å². The van der Waals surface area contributed by atoms with Crippen molar-refractivity contribution in [3.8, 4) is 0 Å². The zero-order valence-electron chi connectivity index (χ0n) is 19.7. The van der Waals surface area contributed by atoms with E-state index in [9.17, 15) is 18.0 Å². The Labute approximate surface area is 206 Å². The summed E-state index contributed by atoms with van der Waals surface area (Å²) < 4.78 is 28.1. The predicted molar refractivity (Wildman–Crippen MR) is 137 cm³/mol. The lowest BCUT2D eigenvalue weighted by atomic mass is 10.1. The van der Waals surface area contributed by atoms with Gasteiger partial charge in [0.15, 0.2) is 0 Å². The summed E-state index contributed by atoms with van der Waals surface area (Å²) in [6.07, 6.45) is 4.19. The highest BCUT2D eigenvalue weighted by molar-refractivity contribution is 7.92. The van der Waals surface area contributed by atoms with E-state index in [1.807, 2.05) is 4.90 Å². The van der Waals surface area contributed by atoms with Crippen molar-refractivity contribution in [2.24, 2.45) is 0 Å². The van der Waals surface area contributed by atoms with Gasteiger partial charge in [-0.15, -0.1) is 0 Å². The van der Waals surface area contributed by atoms with Gasteiger partial charge >= 0.3 is 0 Å². The smallest absolute Gasteiger partial charge is 0.261 e. The minimum atomic E-state index is -3.80. The quantitative estimate of drug-likeness (QED) is 0.504. The predicted octanol–water partition coefficient (Wildman–Crippen LogP) is 5.06. The van der Waals surface area contributed by atoms with Crippen LogP contribution < -0.4 is 10.0 Å². The summed E-state index contributed by atoms with van der Waals surface area (Å²) >= 11 is 0. The molecule has 0 aliphatic carbocycles. The lowest BCUT2D eigenvalue weighted by Crippen LogP contribution is -2.32. The van der Waals surface area contributed by atoms with E-state index in [1.54, 1.807) is 61.5 Å². The monoisotopic (exact) mass is 491 g/mol. The summed E-state index contributed by atoms with van der Waals surface area (Å²) in [6, 6.07) is 19.8. The van der Waals surface area contributed by atoms with E-state index >= 15 is 0 Å². The van der Waals surface area contributed by atoms with Gasteiger partial charge in [0.05, 0.1) is 21.8 Å². The van der Waals surface area contributed by atoms with Crippen LogP contribution in [0, 0.1) is 6.92 Å². The van der Waals surface area contributed by atoms with Crippen molar-refractivity contribution in [3.63, 3.8) is 0 Å². The highest BCUT2D eigenvalue weighted by atomic mass is 32.2. The van der Waals surface area contributed by atoms with Crippen molar-refractivity contribution in [3.05, 3.63) is 89.5 Å². The molecule has 2 amide bonds. The number of likely N-dealkylation sites (tertiary alicyclic amines) is 1. The van der Waals surface area contributed by atoms with Crippen LogP contribution >= 0.6 is 0 Å². The number of anilines is 2. The van der Waals surface area contributed by atoms with Gasteiger partial charge in [-0.2, -0.15) is 0 Å². The van der Waals surface area contributed by atoms with Crippen molar-refractivity contribution in [2.75, 3.05) is 23.1 Å². The van der Waals surface area contributed by atoms with Crippen LogP contribution in [0.2, 0.25) is 0 Å². The summed E-state index contributed by atoms with van der Waals surface area (Å²) in [6.45, 7) is 3.19. The van der Waals surface area contributed by atoms with Crippen molar-refractivity contribution in [1.29, 1.82) is 0 Å². The maximum Gasteiger partial charge on any atom is 0.261 e. The Hall–Kier alpha value is -3.65. The summed E-state index contributed by atoms with van der Waals surface area (Å²) in [4.78, 5) is 28.3. The Morgan fingerprint density at radius 3 is 2.17 bits per heavy atom. The molecule has 3 aromatic carbocycles. The number of rotatable bonds is 6. The molecular weight excluding hydrogens is 462 g/mol. The molecule has 0 unspecified atom stereocenters. The molecule has 2 N–H and O–H groups in total. The lowest BCUT2D eigenvalue weighted by Gasteiger charge is -2.22. The van der Waals surface area contributed by atoms with Crippen LogP contribution in [0.1, 0.15) is 52.0 Å². The molecule has 0 atom stereocenters. The van der Waals surface area contributed by atoms with Gasteiger partial charge in [-0.05, 0) is 61.7 Å². The van der Waals surface area contributed by atoms with E-state index in [1.165, 1.54) is 18.2 Å². The van der Waals surface area contributed by atoms with E-state index in [0.717, 1.165) is 25.7 Å². The minimum absolute atomic E-state index is 0.0944. The molecule has 4 rings (SSSR count). The van der Waals surface area contributed by atoms with Crippen molar-refractivity contribution in [1.82, 2.24) is 4.90 Å². The van der Waals surface area contributed by atoms with Crippen molar-refractivity contribution in [2.45, 2.75) is 37.5 Å². The van der Waals surface area contributed by atoms with Crippen LogP contribution in [0.25, 0.3) is 0 Å². The topological polar surface area (TPSA) is 95.6 Å². The second-order valence-corrected chi connectivity index (χ2v) is 10.3. The number of aryl methyl sites for hydroxylation is 1. The number of sulfonamides is 1. The van der Waals surface area contributed by atoms with Gasteiger partial charge in [0, 0.05) is 18.7 Å². The second kappa shape index (κ2) is 10.7. The molecular formula is C27H29N3O4S. The number of amides is 2. The number of benzene rings is 3. The molecule has 3 aromatic rings. The molecule has 8 heteroatoms. The Balaban J connectivity index is 1.55. The molecule has 0 aromatic heterocycles. The zero-order valence-corrected chi connectivity index (χ0v) is 20.5. The Morgan fingerprint density at radius 1 is 0.800 bits per heavy atom. The first-order valence-corrected chi connectivity index (χ1v) is 13.2. The third-order valence-electron chi connectivity index (χ3n) is 6.10. The average molecular weight is 492 g/mol. The molecule has 1 heterocycles. The summed E-state index contributed by atoms with van der Waals surface area (Å²) in [7, 11) is -3.80. The van der Waals surface area contributed by atoms with Crippen LogP contribution in [0.3, 0.4) is 0 Å². The fraction of sp³-hybridized carbons (Fsp3) is 0.259. The van der Waals surface area contributed by atoms with Crippen molar-refractivity contribution >= 4 is 33.2 Å². The SMILES string of the molecule is Cc1ccc(C(=O)Nc2ccccc2C(=O)N2CCCCCC2)cc1NS(=O)(=O)c1ccccc1. The maximum atomic E-state index is 13.2. The fourth-order valence-electron chi connectivity index (χ4n) is 4.09. The van der Waals surface area contributed by atoms with Crippen LogP contribution in [0.4, 0.5) is 11.4 Å². The zero-order chi connectivity index (χ0) is 24.8. The number of para-hydroxylation sites is 1. The van der Waals surface area contributed by atoms with Gasteiger partial charge in [-0.3, -0.25) is 14.3 Å². The Kier molecular flexibility index (Phi) is 7.51. The standard InChI is InChI=1S/C27H29N3O4S/c1-20-15-16-21(19-25(20)29-35(33,34)22-11-5-4-6-12-22)26(31)28-24-14-8-7-13-23(24)27(32)30-17-9-2-3-10-18-30/h4-8,11-16,19,29H,2-3,9-10,17-18H2,1H3,(H,28,31). The van der Waals surface area contributed by atoms with Gasteiger partial charge in [0.1, 0.15) is 0 Å². The molecule has 1 saturated heterocycles. The first-order chi connectivity index (χ1) is 16.8. The minimum Gasteiger partial charge on any atom is -0.339 e. The Morgan fingerprint density at radius 2 is 1.46 bits per heavy atom. The fourth-order valence-corrected chi connectivity index (χ4v) is 5.24. The highest BCUT2D eigenvalue weighted by Gasteiger charge is 2.21. The van der Waals surface area contributed by atoms with E-state index in [0.29, 0.717) is 35.6 Å². The Bertz CT molecular complexity index is 1320. The number of hydrogen-bond acceptors (Lipinski definition) is 4. The van der Waals surface area contributed by atoms with Crippen LogP contribution in [0.15, 0.2) is 77.7 Å². The molecule has 0 saturated carbocycles. The summed E-state index contributed by atoms with van der Waals surface area (Å²) in [5.41, 5.74) is 2.14. The summed E-state index contributed by atoms with van der Waals surface area (Å²) in [5, 5.41) is 2.84. The highest BCUT2D eigenvalue weighted by Crippen LogP contribution is 2.24. The molecule has 182 valence electrons. The largest absolute Gasteiger partial charge is 0.339 e. The number of carbonyl (C=O) groups excluding carboxylic acids is 2. The van der Waals surface area contributed by atoms with Gasteiger partial charge in [-0.25, -0.2) is 8.42 Å². The molecule has 7 nitrogen and oxygen atoms in total. The average Bonchev–Trinajstić information content (AvgIpc) is 3.15. The third-order valence-corrected chi connectivity index (χ3v) is 7.48. The molecule has 0 spiro atoms. The number of hydrogen-bond donors (Lipinski definition) is 2. The van der Waals surface area contributed by atoms with Gasteiger partial charge in [-0.1, -0.05) is 49.2 Å².